The Labute approximate surface area is 82.7 Å². The summed E-state index contributed by atoms with van der Waals surface area (Å²) in [4.78, 5) is 21.7. The average molecular weight is 192 g/mol. The molecule has 0 atom stereocenters. The molecule has 0 aliphatic rings. The second-order valence-corrected chi connectivity index (χ2v) is 2.86. The van der Waals surface area contributed by atoms with Crippen LogP contribution >= 0.6 is 0 Å². The van der Waals surface area contributed by atoms with E-state index in [4.69, 9.17) is 4.74 Å². The number of carbonyl (C=O) groups excluding carboxylic acids is 2. The number of aldehydes is 1. The third-order valence-corrected chi connectivity index (χ3v) is 1.82. The summed E-state index contributed by atoms with van der Waals surface area (Å²) in [7, 11) is 0. The number of rotatable bonds is 4. The Kier molecular flexibility index (Phi) is 3.40. The van der Waals surface area contributed by atoms with Crippen molar-refractivity contribution in [3.63, 3.8) is 0 Å². The van der Waals surface area contributed by atoms with E-state index in [0.29, 0.717) is 23.5 Å². The molecule has 1 aromatic carbocycles. The number of ketones is 1. The fourth-order valence-corrected chi connectivity index (χ4v) is 1.18. The lowest BCUT2D eigenvalue weighted by Crippen LogP contribution is -2.01. The highest BCUT2D eigenvalue weighted by atomic mass is 16.5. The van der Waals surface area contributed by atoms with E-state index in [9.17, 15) is 9.59 Å². The lowest BCUT2D eigenvalue weighted by Gasteiger charge is -2.07. The molecule has 0 amide bonds. The maximum absolute atomic E-state index is 11.2. The fourth-order valence-electron chi connectivity index (χ4n) is 1.18. The number of benzene rings is 1. The van der Waals surface area contributed by atoms with E-state index >= 15 is 0 Å². The third kappa shape index (κ3) is 2.19. The molecular formula is C11H12O3. The molecule has 0 bridgehead atoms. The van der Waals surface area contributed by atoms with Crippen LogP contribution in [-0.2, 0) is 0 Å². The molecule has 0 heterocycles. The molecule has 0 fully saturated rings. The van der Waals surface area contributed by atoms with E-state index in [1.54, 1.807) is 18.2 Å². The molecule has 74 valence electrons. The number of carbonyl (C=O) groups is 2. The molecule has 0 saturated carbocycles. The molecule has 3 heteroatoms. The van der Waals surface area contributed by atoms with Gasteiger partial charge >= 0.3 is 0 Å². The van der Waals surface area contributed by atoms with E-state index in [0.717, 1.165) is 6.29 Å². The maximum atomic E-state index is 11.2. The summed E-state index contributed by atoms with van der Waals surface area (Å²) in [5.74, 6) is 0.412. The molecule has 14 heavy (non-hydrogen) atoms. The van der Waals surface area contributed by atoms with Gasteiger partial charge in [-0.25, -0.2) is 0 Å². The first-order chi connectivity index (χ1) is 6.69. The molecule has 0 saturated heterocycles. The third-order valence-electron chi connectivity index (χ3n) is 1.82. The van der Waals surface area contributed by atoms with E-state index in [1.165, 1.54) is 6.92 Å². The quantitative estimate of drug-likeness (QED) is 0.542. The van der Waals surface area contributed by atoms with E-state index in [-0.39, 0.29) is 5.78 Å². The van der Waals surface area contributed by atoms with Crippen molar-refractivity contribution in [3.8, 4) is 5.75 Å². The second-order valence-electron chi connectivity index (χ2n) is 2.86. The zero-order chi connectivity index (χ0) is 10.6. The molecule has 0 aliphatic heterocycles. The maximum Gasteiger partial charge on any atom is 0.163 e. The zero-order valence-electron chi connectivity index (χ0n) is 8.24. The first-order valence-electron chi connectivity index (χ1n) is 4.42. The lowest BCUT2D eigenvalue weighted by atomic mass is 10.1. The van der Waals surface area contributed by atoms with Gasteiger partial charge in [0.2, 0.25) is 0 Å². The Morgan fingerprint density at radius 3 is 2.71 bits per heavy atom. The van der Waals surface area contributed by atoms with Gasteiger partial charge in [0, 0.05) is 5.56 Å². The van der Waals surface area contributed by atoms with Crippen LogP contribution in [0.2, 0.25) is 0 Å². The van der Waals surface area contributed by atoms with Gasteiger partial charge in [-0.2, -0.15) is 0 Å². The Balaban J connectivity index is 3.16. The summed E-state index contributed by atoms with van der Waals surface area (Å²) < 4.78 is 5.26. The van der Waals surface area contributed by atoms with Crippen molar-refractivity contribution in [3.05, 3.63) is 29.3 Å². The molecule has 3 nitrogen and oxygen atoms in total. The standard InChI is InChI=1S/C11H12O3/c1-3-14-11-6-9(7-12)4-5-10(11)8(2)13/h4-7H,3H2,1-2H3. The minimum atomic E-state index is -0.0640. The topological polar surface area (TPSA) is 43.4 Å². The predicted octanol–water partition coefficient (Wildman–Crippen LogP) is 2.10. The highest BCUT2D eigenvalue weighted by Crippen LogP contribution is 2.20. The molecule has 1 aromatic rings. The van der Waals surface area contributed by atoms with Gasteiger partial charge in [-0.15, -0.1) is 0 Å². The monoisotopic (exact) mass is 192 g/mol. The molecule has 0 aromatic heterocycles. The summed E-state index contributed by atoms with van der Waals surface area (Å²) in [5.41, 5.74) is 1.02. The van der Waals surface area contributed by atoms with Gasteiger partial charge < -0.3 is 4.74 Å². The van der Waals surface area contributed by atoms with Crippen molar-refractivity contribution in [2.24, 2.45) is 0 Å². The molecule has 0 spiro atoms. The zero-order valence-corrected chi connectivity index (χ0v) is 8.24. The van der Waals surface area contributed by atoms with Gasteiger partial charge in [-0.1, -0.05) is 6.07 Å². The smallest absolute Gasteiger partial charge is 0.163 e. The summed E-state index contributed by atoms with van der Waals surface area (Å²) in [6.45, 7) is 3.78. The average Bonchev–Trinajstić information content (AvgIpc) is 2.17. The molecule has 0 unspecified atom stereocenters. The molecule has 0 radical (unpaired) electrons. The van der Waals surface area contributed by atoms with Crippen LogP contribution in [0.25, 0.3) is 0 Å². The van der Waals surface area contributed by atoms with Gasteiger partial charge in [-0.3, -0.25) is 9.59 Å². The minimum Gasteiger partial charge on any atom is -0.493 e. The van der Waals surface area contributed by atoms with Crippen LogP contribution in [0.5, 0.6) is 5.75 Å². The van der Waals surface area contributed by atoms with Crippen LogP contribution in [0.4, 0.5) is 0 Å². The Morgan fingerprint density at radius 1 is 1.50 bits per heavy atom. The first kappa shape index (κ1) is 10.4. The van der Waals surface area contributed by atoms with Gasteiger partial charge in [-0.05, 0) is 26.0 Å². The van der Waals surface area contributed by atoms with Crippen molar-refractivity contribution in [2.75, 3.05) is 6.61 Å². The number of ether oxygens (including phenoxy) is 1. The molecule has 0 aliphatic carbocycles. The Morgan fingerprint density at radius 2 is 2.21 bits per heavy atom. The van der Waals surface area contributed by atoms with Gasteiger partial charge in [0.25, 0.3) is 0 Å². The van der Waals surface area contributed by atoms with Crippen LogP contribution < -0.4 is 4.74 Å². The Hall–Kier alpha value is -1.64. The van der Waals surface area contributed by atoms with Crippen molar-refractivity contribution >= 4 is 12.1 Å². The van der Waals surface area contributed by atoms with Crippen LogP contribution in [0, 0.1) is 0 Å². The van der Waals surface area contributed by atoms with Crippen LogP contribution in [0.1, 0.15) is 34.6 Å². The van der Waals surface area contributed by atoms with Gasteiger partial charge in [0.1, 0.15) is 12.0 Å². The number of Topliss-reactive ketones (excluding diaryl/α,β-unsaturated/α-hetero) is 1. The number of hydrogen-bond donors (Lipinski definition) is 0. The van der Waals surface area contributed by atoms with Crippen LogP contribution in [-0.4, -0.2) is 18.7 Å². The normalized spacial score (nSPS) is 9.57. The van der Waals surface area contributed by atoms with E-state index < -0.39 is 0 Å². The van der Waals surface area contributed by atoms with Crippen molar-refractivity contribution < 1.29 is 14.3 Å². The predicted molar refractivity (Wildman–Crippen MR) is 53.0 cm³/mol. The summed E-state index contributed by atoms with van der Waals surface area (Å²) in [5, 5.41) is 0. The van der Waals surface area contributed by atoms with E-state index in [1.807, 2.05) is 6.92 Å². The van der Waals surface area contributed by atoms with Crippen molar-refractivity contribution in [1.82, 2.24) is 0 Å². The second kappa shape index (κ2) is 4.56. The molecular weight excluding hydrogens is 180 g/mol. The summed E-state index contributed by atoms with van der Waals surface area (Å²) in [6, 6.07) is 4.79. The highest BCUT2D eigenvalue weighted by Gasteiger charge is 2.08. The molecule has 1 rings (SSSR count). The van der Waals surface area contributed by atoms with Crippen molar-refractivity contribution in [1.29, 1.82) is 0 Å². The summed E-state index contributed by atoms with van der Waals surface area (Å²) >= 11 is 0. The Bertz CT molecular complexity index is 356. The van der Waals surface area contributed by atoms with Crippen LogP contribution in [0.15, 0.2) is 18.2 Å². The highest BCUT2D eigenvalue weighted by molar-refractivity contribution is 5.97. The van der Waals surface area contributed by atoms with Crippen molar-refractivity contribution in [2.45, 2.75) is 13.8 Å². The number of hydrogen-bond acceptors (Lipinski definition) is 3. The summed E-state index contributed by atoms with van der Waals surface area (Å²) in [6.07, 6.45) is 0.729. The fraction of sp³-hybridized carbons (Fsp3) is 0.273. The van der Waals surface area contributed by atoms with Gasteiger partial charge in [0.05, 0.1) is 12.2 Å². The van der Waals surface area contributed by atoms with E-state index in [2.05, 4.69) is 0 Å². The lowest BCUT2D eigenvalue weighted by molar-refractivity contribution is 0.101. The van der Waals surface area contributed by atoms with Gasteiger partial charge in [0.15, 0.2) is 5.78 Å². The minimum absolute atomic E-state index is 0.0640. The molecule has 0 N–H and O–H groups in total. The SMILES string of the molecule is CCOc1cc(C=O)ccc1C(C)=O. The van der Waals surface area contributed by atoms with Crippen LogP contribution in [0.3, 0.4) is 0 Å². The largest absolute Gasteiger partial charge is 0.493 e. The first-order valence-corrected chi connectivity index (χ1v) is 4.42.